The summed E-state index contributed by atoms with van der Waals surface area (Å²) in [6, 6.07) is 4.82. The summed E-state index contributed by atoms with van der Waals surface area (Å²) in [5.74, 6) is -1.47. The van der Waals surface area contributed by atoms with Gasteiger partial charge in [0.15, 0.2) is 0 Å². The Bertz CT molecular complexity index is 361. The van der Waals surface area contributed by atoms with E-state index in [2.05, 4.69) is 0 Å². The summed E-state index contributed by atoms with van der Waals surface area (Å²) in [5.41, 5.74) is 0.286. The molecular weight excluding hydrogens is 286 g/mol. The maximum absolute atomic E-state index is 13.2. The zero-order valence-corrected chi connectivity index (χ0v) is 8.66. The van der Waals surface area contributed by atoms with E-state index in [9.17, 15) is 9.18 Å². The Morgan fingerprint density at radius 3 is 2.85 bits per heavy atom. The van der Waals surface area contributed by atoms with Crippen LogP contribution in [0.1, 0.15) is 5.56 Å². The van der Waals surface area contributed by atoms with E-state index in [-0.39, 0.29) is 11.4 Å². The number of rotatable bonds is 2. The lowest BCUT2D eigenvalue weighted by Crippen LogP contribution is -1.89. The third-order valence-electron chi connectivity index (χ3n) is 1.39. The number of halogens is 2. The molecule has 0 saturated carbocycles. The topological polar surface area (TPSA) is 37.3 Å². The van der Waals surface area contributed by atoms with Crippen LogP contribution in [-0.4, -0.2) is 11.1 Å². The molecule has 0 aromatic heterocycles. The molecule has 0 bridgehead atoms. The Kier molecular flexibility index (Phi) is 3.41. The molecule has 0 aliphatic heterocycles. The maximum Gasteiger partial charge on any atom is 0.328 e. The molecule has 13 heavy (non-hydrogen) atoms. The molecule has 0 amide bonds. The fraction of sp³-hybridized carbons (Fsp3) is 0. The van der Waals surface area contributed by atoms with Gasteiger partial charge in [-0.25, -0.2) is 9.18 Å². The smallest absolute Gasteiger partial charge is 0.328 e. The van der Waals surface area contributed by atoms with Gasteiger partial charge in [0.05, 0.1) is 0 Å². The first-order valence-corrected chi connectivity index (χ1v) is 4.54. The normalized spacial score (nSPS) is 10.6. The quantitative estimate of drug-likeness (QED) is 0.672. The molecule has 1 aromatic rings. The SMILES string of the molecule is O=C(O)C=Cc1cccc(I)c1F. The largest absolute Gasteiger partial charge is 0.478 e. The van der Waals surface area contributed by atoms with Crippen LogP contribution in [0.2, 0.25) is 0 Å². The number of aliphatic carboxylic acids is 1. The molecule has 0 saturated heterocycles. The fourth-order valence-corrected chi connectivity index (χ4v) is 1.33. The molecule has 0 aliphatic rings. The van der Waals surface area contributed by atoms with Crippen molar-refractivity contribution in [3.63, 3.8) is 0 Å². The number of carboxylic acids is 1. The molecule has 0 atom stereocenters. The minimum absolute atomic E-state index is 0.286. The zero-order chi connectivity index (χ0) is 9.84. The Morgan fingerprint density at radius 2 is 2.23 bits per heavy atom. The average molecular weight is 292 g/mol. The van der Waals surface area contributed by atoms with Crippen molar-refractivity contribution >= 4 is 34.6 Å². The van der Waals surface area contributed by atoms with Crippen LogP contribution in [0.5, 0.6) is 0 Å². The first kappa shape index (κ1) is 10.2. The Hall–Kier alpha value is -0.910. The number of benzene rings is 1. The summed E-state index contributed by atoms with van der Waals surface area (Å²) in [5, 5.41) is 8.32. The third kappa shape index (κ3) is 2.80. The molecule has 1 rings (SSSR count). The molecule has 0 fully saturated rings. The predicted octanol–water partition coefficient (Wildman–Crippen LogP) is 2.53. The van der Waals surface area contributed by atoms with Crippen molar-refractivity contribution in [3.05, 3.63) is 39.2 Å². The van der Waals surface area contributed by atoms with Crippen LogP contribution in [0.15, 0.2) is 24.3 Å². The van der Waals surface area contributed by atoms with Crippen LogP contribution in [0.3, 0.4) is 0 Å². The maximum atomic E-state index is 13.2. The van der Waals surface area contributed by atoms with Gasteiger partial charge in [0.25, 0.3) is 0 Å². The Morgan fingerprint density at radius 1 is 1.54 bits per heavy atom. The first-order valence-electron chi connectivity index (χ1n) is 3.46. The van der Waals surface area contributed by atoms with E-state index in [0.29, 0.717) is 3.57 Å². The van der Waals surface area contributed by atoms with E-state index in [0.717, 1.165) is 6.08 Å². The van der Waals surface area contributed by atoms with Gasteiger partial charge < -0.3 is 5.11 Å². The van der Waals surface area contributed by atoms with E-state index in [1.165, 1.54) is 12.1 Å². The summed E-state index contributed by atoms with van der Waals surface area (Å²) < 4.78 is 13.7. The van der Waals surface area contributed by atoms with Crippen molar-refractivity contribution in [3.8, 4) is 0 Å². The fourth-order valence-electron chi connectivity index (χ4n) is 0.810. The molecule has 1 aromatic carbocycles. The lowest BCUT2D eigenvalue weighted by Gasteiger charge is -1.97. The van der Waals surface area contributed by atoms with Crippen LogP contribution in [0.25, 0.3) is 6.08 Å². The van der Waals surface area contributed by atoms with Gasteiger partial charge in [0.1, 0.15) is 5.82 Å². The highest BCUT2D eigenvalue weighted by Gasteiger charge is 2.02. The zero-order valence-electron chi connectivity index (χ0n) is 6.50. The van der Waals surface area contributed by atoms with Crippen molar-refractivity contribution in [1.29, 1.82) is 0 Å². The van der Waals surface area contributed by atoms with Gasteiger partial charge >= 0.3 is 5.97 Å². The predicted molar refractivity (Wildman–Crippen MR) is 55.8 cm³/mol. The summed E-state index contributed by atoms with van der Waals surface area (Å²) >= 11 is 1.85. The van der Waals surface area contributed by atoms with Crippen molar-refractivity contribution < 1.29 is 14.3 Å². The monoisotopic (exact) mass is 292 g/mol. The number of hydrogen-bond acceptors (Lipinski definition) is 1. The van der Waals surface area contributed by atoms with Crippen molar-refractivity contribution in [1.82, 2.24) is 0 Å². The molecule has 1 N–H and O–H groups in total. The van der Waals surface area contributed by atoms with Gasteiger partial charge in [-0.1, -0.05) is 12.1 Å². The van der Waals surface area contributed by atoms with Crippen LogP contribution in [0.4, 0.5) is 4.39 Å². The average Bonchev–Trinajstić information content (AvgIpc) is 2.07. The lowest BCUT2D eigenvalue weighted by molar-refractivity contribution is -0.131. The first-order chi connectivity index (χ1) is 6.11. The molecule has 0 radical (unpaired) electrons. The molecule has 0 unspecified atom stereocenters. The van der Waals surface area contributed by atoms with E-state index >= 15 is 0 Å². The van der Waals surface area contributed by atoms with Gasteiger partial charge in [-0.15, -0.1) is 0 Å². The van der Waals surface area contributed by atoms with Gasteiger partial charge in [-0.3, -0.25) is 0 Å². The van der Waals surface area contributed by atoms with Crippen LogP contribution >= 0.6 is 22.6 Å². The molecule has 0 heterocycles. The van der Waals surface area contributed by atoms with E-state index in [1.54, 1.807) is 12.1 Å². The van der Waals surface area contributed by atoms with Crippen LogP contribution in [-0.2, 0) is 4.79 Å². The van der Waals surface area contributed by atoms with Crippen LogP contribution in [0, 0.1) is 9.39 Å². The van der Waals surface area contributed by atoms with E-state index in [1.807, 2.05) is 22.6 Å². The van der Waals surface area contributed by atoms with E-state index in [4.69, 9.17) is 5.11 Å². The van der Waals surface area contributed by atoms with Crippen molar-refractivity contribution in [2.24, 2.45) is 0 Å². The number of carbonyl (C=O) groups is 1. The number of hydrogen-bond donors (Lipinski definition) is 1. The standard InChI is InChI=1S/C9H6FIO2/c10-9-6(4-5-8(12)13)2-1-3-7(9)11/h1-5H,(H,12,13). The molecule has 2 nitrogen and oxygen atoms in total. The lowest BCUT2D eigenvalue weighted by atomic mass is 10.2. The molecule has 0 spiro atoms. The van der Waals surface area contributed by atoms with Gasteiger partial charge in [-0.2, -0.15) is 0 Å². The molecule has 0 aliphatic carbocycles. The Labute approximate surface area is 88.2 Å². The minimum atomic E-state index is -1.08. The van der Waals surface area contributed by atoms with Gasteiger partial charge in [0.2, 0.25) is 0 Å². The summed E-state index contributed by atoms with van der Waals surface area (Å²) in [6.45, 7) is 0. The van der Waals surface area contributed by atoms with Gasteiger partial charge in [-0.05, 0) is 34.7 Å². The van der Waals surface area contributed by atoms with Crippen LogP contribution < -0.4 is 0 Å². The van der Waals surface area contributed by atoms with Crippen molar-refractivity contribution in [2.75, 3.05) is 0 Å². The second-order valence-corrected chi connectivity index (χ2v) is 3.48. The minimum Gasteiger partial charge on any atom is -0.478 e. The molecule has 68 valence electrons. The highest BCUT2D eigenvalue weighted by atomic mass is 127. The Balaban J connectivity index is 3.02. The number of carboxylic acid groups (broad SMARTS) is 1. The highest BCUT2D eigenvalue weighted by Crippen LogP contribution is 2.15. The summed E-state index contributed by atoms with van der Waals surface area (Å²) in [7, 11) is 0. The molecular formula is C9H6FIO2. The summed E-state index contributed by atoms with van der Waals surface area (Å²) in [6.07, 6.45) is 2.15. The van der Waals surface area contributed by atoms with Gasteiger partial charge in [0, 0.05) is 15.2 Å². The molecule has 4 heteroatoms. The summed E-state index contributed by atoms with van der Waals surface area (Å²) in [4.78, 5) is 10.2. The third-order valence-corrected chi connectivity index (χ3v) is 2.22. The van der Waals surface area contributed by atoms with E-state index < -0.39 is 5.97 Å². The second kappa shape index (κ2) is 4.36. The second-order valence-electron chi connectivity index (χ2n) is 2.31. The highest BCUT2D eigenvalue weighted by molar-refractivity contribution is 14.1. The van der Waals surface area contributed by atoms with Crippen molar-refractivity contribution in [2.45, 2.75) is 0 Å².